The van der Waals surface area contributed by atoms with Crippen LogP contribution in [0.3, 0.4) is 0 Å². The van der Waals surface area contributed by atoms with Gasteiger partial charge in [0, 0.05) is 16.1 Å². The zero-order chi connectivity index (χ0) is 24.6. The highest BCUT2D eigenvalue weighted by molar-refractivity contribution is 6.45. The van der Waals surface area contributed by atoms with Crippen molar-refractivity contribution in [2.24, 2.45) is 11.8 Å². The first-order valence-corrected chi connectivity index (χ1v) is 11.8. The second-order valence-electron chi connectivity index (χ2n) is 8.62. The van der Waals surface area contributed by atoms with E-state index in [-0.39, 0.29) is 26.9 Å². The lowest BCUT2D eigenvalue weighted by Gasteiger charge is -2.27. The maximum Gasteiger partial charge on any atom is 0.241 e. The maximum absolute atomic E-state index is 13.9. The van der Waals surface area contributed by atoms with Crippen LogP contribution in [0.1, 0.15) is 32.4 Å². The number of hydrogen-bond donors (Lipinski definition) is 0. The summed E-state index contributed by atoms with van der Waals surface area (Å²) in [5.74, 6) is -5.15. The standard InChI is InChI=1S/C26H14Cl3NO5/c27-13-10-8-12(9-11-13)21-18-19(25(34)30(24(18)33)17-7-3-6-16(28)20(17)29)26(35-21)22(31)14-4-1-2-5-15(14)23(26)32/h1-11,18-19,21H/t18-,19-,21+/m1/s1. The van der Waals surface area contributed by atoms with E-state index in [0.29, 0.717) is 10.6 Å². The van der Waals surface area contributed by atoms with Crippen LogP contribution >= 0.6 is 34.8 Å². The second kappa shape index (κ2) is 7.73. The molecule has 0 unspecified atom stereocenters. The Morgan fingerprint density at radius 3 is 2.00 bits per heavy atom. The number of nitrogens with zero attached hydrogens (tertiary/aromatic N) is 1. The van der Waals surface area contributed by atoms with Crippen molar-refractivity contribution in [2.75, 3.05) is 4.90 Å². The first-order chi connectivity index (χ1) is 16.8. The molecular weight excluding hydrogens is 513 g/mol. The first-order valence-electron chi connectivity index (χ1n) is 10.7. The lowest BCUT2D eigenvalue weighted by atomic mass is 9.77. The summed E-state index contributed by atoms with van der Waals surface area (Å²) in [7, 11) is 0. The molecule has 0 N–H and O–H groups in total. The van der Waals surface area contributed by atoms with E-state index in [1.807, 2.05) is 0 Å². The molecule has 3 aromatic rings. The van der Waals surface area contributed by atoms with Gasteiger partial charge in [-0.1, -0.05) is 77.3 Å². The maximum atomic E-state index is 13.9. The highest BCUT2D eigenvalue weighted by Gasteiger charge is 2.74. The quantitative estimate of drug-likeness (QED) is 0.333. The molecule has 3 atom stereocenters. The molecule has 6 rings (SSSR count). The number of imide groups is 1. The molecule has 2 amide bonds. The van der Waals surface area contributed by atoms with Crippen LogP contribution in [0.2, 0.25) is 15.1 Å². The van der Waals surface area contributed by atoms with Gasteiger partial charge in [-0.05, 0) is 29.8 Å². The number of rotatable bonds is 2. The van der Waals surface area contributed by atoms with E-state index in [4.69, 9.17) is 39.5 Å². The number of fused-ring (bicyclic) bond motifs is 3. The lowest BCUT2D eigenvalue weighted by Crippen LogP contribution is -2.51. The van der Waals surface area contributed by atoms with E-state index < -0.39 is 46.9 Å². The van der Waals surface area contributed by atoms with E-state index in [9.17, 15) is 19.2 Å². The summed E-state index contributed by atoms with van der Waals surface area (Å²) in [6.45, 7) is 0. The van der Waals surface area contributed by atoms with Crippen molar-refractivity contribution in [1.82, 2.24) is 0 Å². The molecule has 2 fully saturated rings. The molecule has 35 heavy (non-hydrogen) atoms. The molecule has 3 aliphatic rings. The number of Topliss-reactive ketones (excluding diaryl/α,β-unsaturated/α-hetero) is 2. The van der Waals surface area contributed by atoms with Crippen LogP contribution in [0.5, 0.6) is 0 Å². The number of carbonyl (C=O) groups is 4. The number of ether oxygens (including phenoxy) is 1. The fourth-order valence-corrected chi connectivity index (χ4v) is 5.88. The van der Waals surface area contributed by atoms with Crippen molar-refractivity contribution in [3.8, 4) is 0 Å². The number of ketones is 2. The zero-order valence-electron chi connectivity index (χ0n) is 17.7. The Morgan fingerprint density at radius 2 is 1.37 bits per heavy atom. The summed E-state index contributed by atoms with van der Waals surface area (Å²) >= 11 is 18.5. The van der Waals surface area contributed by atoms with Crippen LogP contribution in [-0.4, -0.2) is 29.0 Å². The Labute approximate surface area is 214 Å². The Kier molecular flexibility index (Phi) is 4.96. The molecule has 2 saturated heterocycles. The summed E-state index contributed by atoms with van der Waals surface area (Å²) < 4.78 is 6.22. The van der Waals surface area contributed by atoms with Crippen LogP contribution in [0.4, 0.5) is 5.69 Å². The number of hydrogen-bond acceptors (Lipinski definition) is 5. The summed E-state index contributed by atoms with van der Waals surface area (Å²) in [6, 6.07) is 17.4. The molecule has 0 bridgehead atoms. The third-order valence-corrected chi connectivity index (χ3v) is 7.95. The van der Waals surface area contributed by atoms with Gasteiger partial charge in [0.2, 0.25) is 29.0 Å². The summed E-state index contributed by atoms with van der Waals surface area (Å²) in [6.07, 6.45) is -1.04. The van der Waals surface area contributed by atoms with Crippen LogP contribution in [-0.2, 0) is 14.3 Å². The first kappa shape index (κ1) is 22.4. The van der Waals surface area contributed by atoms with Gasteiger partial charge in [-0.25, -0.2) is 4.90 Å². The van der Waals surface area contributed by atoms with Crippen molar-refractivity contribution < 1.29 is 23.9 Å². The second-order valence-corrected chi connectivity index (χ2v) is 9.84. The lowest BCUT2D eigenvalue weighted by molar-refractivity contribution is -0.127. The van der Waals surface area contributed by atoms with Crippen molar-refractivity contribution >= 4 is 63.9 Å². The van der Waals surface area contributed by atoms with E-state index >= 15 is 0 Å². The third-order valence-electron chi connectivity index (χ3n) is 6.89. The van der Waals surface area contributed by atoms with Gasteiger partial charge in [-0.15, -0.1) is 0 Å². The molecule has 1 aliphatic carbocycles. The van der Waals surface area contributed by atoms with Crippen LogP contribution in [0, 0.1) is 11.8 Å². The summed E-state index contributed by atoms with van der Waals surface area (Å²) in [5, 5.41) is 0.628. The summed E-state index contributed by atoms with van der Waals surface area (Å²) in [4.78, 5) is 56.1. The third kappa shape index (κ3) is 2.88. The van der Waals surface area contributed by atoms with Gasteiger partial charge in [0.05, 0.1) is 33.7 Å². The molecule has 6 nitrogen and oxygen atoms in total. The Balaban J connectivity index is 1.56. The van der Waals surface area contributed by atoms with Gasteiger partial charge in [-0.2, -0.15) is 0 Å². The molecule has 2 aliphatic heterocycles. The Hall–Kier alpha value is -3.03. The normalized spacial score (nSPS) is 24.4. The van der Waals surface area contributed by atoms with Crippen molar-refractivity contribution in [1.29, 1.82) is 0 Å². The Morgan fingerprint density at radius 1 is 0.743 bits per heavy atom. The molecule has 9 heteroatoms. The summed E-state index contributed by atoms with van der Waals surface area (Å²) in [5.41, 5.74) is -1.24. The minimum Gasteiger partial charge on any atom is -0.349 e. The van der Waals surface area contributed by atoms with E-state index in [1.165, 1.54) is 24.3 Å². The van der Waals surface area contributed by atoms with Gasteiger partial charge in [0.1, 0.15) is 0 Å². The number of amides is 2. The van der Waals surface area contributed by atoms with Crippen molar-refractivity contribution in [3.05, 3.63) is 98.5 Å². The minimum absolute atomic E-state index is 0.0150. The zero-order valence-corrected chi connectivity index (χ0v) is 20.0. The molecule has 0 radical (unpaired) electrons. The van der Waals surface area contributed by atoms with Gasteiger partial charge < -0.3 is 4.74 Å². The van der Waals surface area contributed by atoms with Gasteiger partial charge in [0.25, 0.3) is 0 Å². The van der Waals surface area contributed by atoms with Crippen molar-refractivity contribution in [3.63, 3.8) is 0 Å². The van der Waals surface area contributed by atoms with Gasteiger partial charge >= 0.3 is 0 Å². The van der Waals surface area contributed by atoms with Crippen molar-refractivity contribution in [2.45, 2.75) is 11.7 Å². The SMILES string of the molecule is O=C1[C@H]2[C@H](c3ccc(Cl)cc3)OC3(C(=O)c4ccccc4C3=O)[C@H]2C(=O)N1c1cccc(Cl)c1Cl. The number of anilines is 1. The fourth-order valence-electron chi connectivity index (χ4n) is 5.37. The molecule has 2 heterocycles. The molecule has 0 aromatic heterocycles. The topological polar surface area (TPSA) is 80.8 Å². The minimum atomic E-state index is -2.16. The van der Waals surface area contributed by atoms with Crippen LogP contribution in [0.25, 0.3) is 0 Å². The van der Waals surface area contributed by atoms with Crippen LogP contribution in [0.15, 0.2) is 66.7 Å². The predicted molar refractivity (Wildman–Crippen MR) is 129 cm³/mol. The largest absolute Gasteiger partial charge is 0.349 e. The average molecular weight is 527 g/mol. The fraction of sp³-hybridized carbons (Fsp3) is 0.154. The monoisotopic (exact) mass is 525 g/mol. The van der Waals surface area contributed by atoms with E-state index in [2.05, 4.69) is 0 Å². The smallest absolute Gasteiger partial charge is 0.241 e. The molecule has 174 valence electrons. The molecule has 3 aromatic carbocycles. The number of halogens is 3. The Bertz CT molecular complexity index is 1430. The molecule has 0 saturated carbocycles. The van der Waals surface area contributed by atoms with Crippen LogP contribution < -0.4 is 4.90 Å². The van der Waals surface area contributed by atoms with E-state index in [0.717, 1.165) is 4.90 Å². The molecular formula is C26H14Cl3NO5. The number of carbonyl (C=O) groups excluding carboxylic acids is 4. The molecule has 1 spiro atoms. The van der Waals surface area contributed by atoms with E-state index in [1.54, 1.807) is 42.5 Å². The van der Waals surface area contributed by atoms with Gasteiger partial charge in [0.15, 0.2) is 0 Å². The predicted octanol–water partition coefficient (Wildman–Crippen LogP) is 5.34. The highest BCUT2D eigenvalue weighted by atomic mass is 35.5. The number of benzene rings is 3. The average Bonchev–Trinajstić information content (AvgIpc) is 3.42. The highest BCUT2D eigenvalue weighted by Crippen LogP contribution is 2.58. The van der Waals surface area contributed by atoms with Gasteiger partial charge in [-0.3, -0.25) is 19.2 Å².